The monoisotopic (exact) mass is 374 g/mol. The Kier molecular flexibility index (Phi) is 8.96. The van der Waals surface area contributed by atoms with Gasteiger partial charge in [-0.15, -0.1) is 11.3 Å². The molecule has 0 aliphatic heterocycles. The molecule has 1 unspecified atom stereocenters. The van der Waals surface area contributed by atoms with Crippen LogP contribution in [0.2, 0.25) is 0 Å². The number of hydrogen-bond donors (Lipinski definition) is 2. The van der Waals surface area contributed by atoms with E-state index in [1.54, 1.807) is 16.7 Å². The maximum Gasteiger partial charge on any atom is 0.250 e. The van der Waals surface area contributed by atoms with E-state index < -0.39 is 0 Å². The van der Waals surface area contributed by atoms with Crippen molar-refractivity contribution in [3.05, 3.63) is 57.1 Å². The molecule has 0 aliphatic rings. The van der Waals surface area contributed by atoms with E-state index in [0.29, 0.717) is 5.92 Å². The highest BCUT2D eigenvalue weighted by molar-refractivity contribution is 7.09. The number of nitrogens with one attached hydrogen (secondary N) is 2. The van der Waals surface area contributed by atoms with Gasteiger partial charge in [0.15, 0.2) is 5.96 Å². The molecule has 5 nitrogen and oxygen atoms in total. The topological polar surface area (TPSA) is 58.4 Å². The summed E-state index contributed by atoms with van der Waals surface area (Å²) < 4.78 is 1.76. The van der Waals surface area contributed by atoms with Gasteiger partial charge in [0.2, 0.25) is 5.56 Å². The Morgan fingerprint density at radius 3 is 2.85 bits per heavy atom. The zero-order chi connectivity index (χ0) is 18.6. The molecule has 2 N–H and O–H groups in total. The second-order valence-electron chi connectivity index (χ2n) is 6.47. The van der Waals surface area contributed by atoms with Crippen LogP contribution in [0.15, 0.2) is 51.7 Å². The highest BCUT2D eigenvalue weighted by Crippen LogP contribution is 2.14. The van der Waals surface area contributed by atoms with Gasteiger partial charge in [-0.1, -0.05) is 19.1 Å². The van der Waals surface area contributed by atoms with Crippen LogP contribution < -0.4 is 16.2 Å². The summed E-state index contributed by atoms with van der Waals surface area (Å²) in [6.07, 6.45) is 4.88. The first-order valence-electron chi connectivity index (χ1n) is 9.39. The lowest BCUT2D eigenvalue weighted by Gasteiger charge is -2.13. The van der Waals surface area contributed by atoms with Crippen molar-refractivity contribution in [2.45, 2.75) is 39.7 Å². The van der Waals surface area contributed by atoms with E-state index in [-0.39, 0.29) is 5.56 Å². The van der Waals surface area contributed by atoms with Crippen LogP contribution in [-0.4, -0.2) is 30.2 Å². The van der Waals surface area contributed by atoms with Gasteiger partial charge in [-0.05, 0) is 49.6 Å². The number of guanidine groups is 1. The van der Waals surface area contributed by atoms with Gasteiger partial charge in [0, 0.05) is 43.3 Å². The third kappa shape index (κ3) is 7.44. The first kappa shape index (κ1) is 20.2. The van der Waals surface area contributed by atoms with Crippen LogP contribution in [0.5, 0.6) is 0 Å². The molecule has 0 bridgehead atoms. The number of hydrogen-bond acceptors (Lipinski definition) is 3. The Morgan fingerprint density at radius 2 is 2.12 bits per heavy atom. The predicted molar refractivity (Wildman–Crippen MR) is 111 cm³/mol. The maximum absolute atomic E-state index is 11.7. The van der Waals surface area contributed by atoms with Gasteiger partial charge in [0.05, 0.1) is 0 Å². The van der Waals surface area contributed by atoms with Crippen molar-refractivity contribution in [1.82, 2.24) is 15.2 Å². The number of thiophene rings is 1. The SMILES string of the molecule is CCNC(=NCC(C)Cc1cccs1)NCCCCn1ccccc1=O. The summed E-state index contributed by atoms with van der Waals surface area (Å²) in [5, 5.41) is 8.82. The second-order valence-corrected chi connectivity index (χ2v) is 7.51. The quantitative estimate of drug-likeness (QED) is 0.382. The Balaban J connectivity index is 1.69. The molecule has 0 radical (unpaired) electrons. The molecule has 26 heavy (non-hydrogen) atoms. The minimum Gasteiger partial charge on any atom is -0.357 e. The Morgan fingerprint density at radius 1 is 1.23 bits per heavy atom. The number of aliphatic imine (C=N–C) groups is 1. The van der Waals surface area contributed by atoms with Gasteiger partial charge >= 0.3 is 0 Å². The van der Waals surface area contributed by atoms with Crippen molar-refractivity contribution in [3.8, 4) is 0 Å². The normalized spacial score (nSPS) is 12.8. The molecule has 1 atom stereocenters. The molecule has 0 spiro atoms. The summed E-state index contributed by atoms with van der Waals surface area (Å²) in [6, 6.07) is 9.56. The third-order valence-corrected chi connectivity index (χ3v) is 4.95. The largest absolute Gasteiger partial charge is 0.357 e. The van der Waals surface area contributed by atoms with Crippen molar-refractivity contribution in [2.24, 2.45) is 10.9 Å². The Hall–Kier alpha value is -2.08. The van der Waals surface area contributed by atoms with Gasteiger partial charge in [-0.25, -0.2) is 0 Å². The lowest BCUT2D eigenvalue weighted by molar-refractivity contribution is 0.579. The molecule has 0 saturated carbocycles. The van der Waals surface area contributed by atoms with Gasteiger partial charge in [-0.3, -0.25) is 9.79 Å². The standard InChI is InChI=1S/C20H30N4OS/c1-3-21-20(23-16-17(2)15-18-9-8-14-26-18)22-11-5-7-13-24-12-6-4-10-19(24)25/h4,6,8-10,12,14,17H,3,5,7,11,13,15-16H2,1-2H3,(H2,21,22,23). The van der Waals surface area contributed by atoms with Gasteiger partial charge in [0.25, 0.3) is 0 Å². The highest BCUT2D eigenvalue weighted by atomic mass is 32.1. The summed E-state index contributed by atoms with van der Waals surface area (Å²) in [5.74, 6) is 1.40. The predicted octanol–water partition coefficient (Wildman–Crippen LogP) is 3.12. The van der Waals surface area contributed by atoms with E-state index in [2.05, 4.69) is 42.0 Å². The second kappa shape index (κ2) is 11.5. The fraction of sp³-hybridized carbons (Fsp3) is 0.500. The molecule has 0 amide bonds. The first-order chi connectivity index (χ1) is 12.7. The Bertz CT molecular complexity index is 709. The van der Waals surface area contributed by atoms with Crippen molar-refractivity contribution in [3.63, 3.8) is 0 Å². The van der Waals surface area contributed by atoms with Gasteiger partial charge in [-0.2, -0.15) is 0 Å². The molecule has 2 aromatic rings. The van der Waals surface area contributed by atoms with E-state index in [1.165, 1.54) is 4.88 Å². The summed E-state index contributed by atoms with van der Waals surface area (Å²) >= 11 is 1.81. The van der Waals surface area contributed by atoms with Crippen LogP contribution in [0, 0.1) is 5.92 Å². The Labute approximate surface area is 160 Å². The minimum absolute atomic E-state index is 0.0649. The van der Waals surface area contributed by atoms with Crippen molar-refractivity contribution >= 4 is 17.3 Å². The zero-order valence-corrected chi connectivity index (χ0v) is 16.6. The average molecular weight is 375 g/mol. The van der Waals surface area contributed by atoms with Crippen LogP contribution >= 0.6 is 11.3 Å². The fourth-order valence-corrected chi connectivity index (χ4v) is 3.55. The van der Waals surface area contributed by atoms with Crippen molar-refractivity contribution in [1.29, 1.82) is 0 Å². The molecule has 0 aliphatic carbocycles. The highest BCUT2D eigenvalue weighted by Gasteiger charge is 2.05. The summed E-state index contributed by atoms with van der Waals surface area (Å²) in [6.45, 7) is 7.59. The third-order valence-electron chi connectivity index (χ3n) is 4.05. The zero-order valence-electron chi connectivity index (χ0n) is 15.8. The molecule has 2 rings (SSSR count). The molecule has 0 aromatic carbocycles. The molecule has 0 fully saturated rings. The van der Waals surface area contributed by atoms with E-state index in [0.717, 1.165) is 51.4 Å². The smallest absolute Gasteiger partial charge is 0.250 e. The van der Waals surface area contributed by atoms with Crippen molar-refractivity contribution < 1.29 is 0 Å². The number of pyridine rings is 1. The number of aryl methyl sites for hydroxylation is 1. The van der Waals surface area contributed by atoms with E-state index >= 15 is 0 Å². The molecule has 0 saturated heterocycles. The molecule has 6 heteroatoms. The van der Waals surface area contributed by atoms with Gasteiger partial charge < -0.3 is 15.2 Å². The summed E-state index contributed by atoms with van der Waals surface area (Å²) in [4.78, 5) is 17.8. The van der Waals surface area contributed by atoms with Crippen LogP contribution in [0.3, 0.4) is 0 Å². The number of aromatic nitrogens is 1. The van der Waals surface area contributed by atoms with Crippen molar-refractivity contribution in [2.75, 3.05) is 19.6 Å². The van der Waals surface area contributed by atoms with Crippen LogP contribution in [0.25, 0.3) is 0 Å². The van der Waals surface area contributed by atoms with E-state index in [1.807, 2.05) is 23.6 Å². The summed E-state index contributed by atoms with van der Waals surface area (Å²) in [5.41, 5.74) is 0.0649. The number of unbranched alkanes of at least 4 members (excludes halogenated alkanes) is 1. The minimum atomic E-state index is 0.0649. The van der Waals surface area contributed by atoms with Gasteiger partial charge in [0.1, 0.15) is 0 Å². The maximum atomic E-state index is 11.7. The molecular weight excluding hydrogens is 344 g/mol. The average Bonchev–Trinajstić information content (AvgIpc) is 3.13. The lowest BCUT2D eigenvalue weighted by atomic mass is 10.1. The fourth-order valence-electron chi connectivity index (χ4n) is 2.68. The van der Waals surface area contributed by atoms with E-state index in [4.69, 9.17) is 4.99 Å². The summed E-state index contributed by atoms with van der Waals surface area (Å²) in [7, 11) is 0. The number of rotatable bonds is 10. The van der Waals surface area contributed by atoms with Crippen LogP contribution in [0.1, 0.15) is 31.6 Å². The molecule has 2 aromatic heterocycles. The van der Waals surface area contributed by atoms with E-state index in [9.17, 15) is 4.79 Å². The molecular formula is C20H30N4OS. The first-order valence-corrected chi connectivity index (χ1v) is 10.3. The molecule has 142 valence electrons. The van der Waals surface area contributed by atoms with Crippen LogP contribution in [-0.2, 0) is 13.0 Å². The lowest BCUT2D eigenvalue weighted by Crippen LogP contribution is -2.38. The molecule has 2 heterocycles. The van der Waals surface area contributed by atoms with Crippen LogP contribution in [0.4, 0.5) is 0 Å². The number of nitrogens with zero attached hydrogens (tertiary/aromatic N) is 2.